The Morgan fingerprint density at radius 3 is 1.40 bits per heavy atom. The van der Waals surface area contributed by atoms with Gasteiger partial charge in [0.1, 0.15) is 17.5 Å². The van der Waals surface area contributed by atoms with Crippen molar-refractivity contribution in [2.45, 2.75) is 237 Å². The first-order valence-corrected chi connectivity index (χ1v) is 34.3. The topological polar surface area (TPSA) is 139 Å². The predicted octanol–water partition coefficient (Wildman–Crippen LogP) is 16.2. The molecule has 0 radical (unpaired) electrons. The molecule has 6 fully saturated rings. The van der Waals surface area contributed by atoms with Crippen LogP contribution in [0, 0.1) is 105 Å². The van der Waals surface area contributed by atoms with Gasteiger partial charge in [0.2, 0.25) is 11.8 Å². The Bertz CT molecular complexity index is 2050. The first-order chi connectivity index (χ1) is 36.3. The lowest BCUT2D eigenvalue weighted by Gasteiger charge is -2.58. The molecule has 6 saturated carbocycles. The third kappa shape index (κ3) is 15.2. The average Bonchev–Trinajstić information content (AvgIpc) is 4.00. The van der Waals surface area contributed by atoms with Crippen molar-refractivity contribution in [1.82, 2.24) is 0 Å². The number of carbonyl (C=O) groups excluding carboxylic acids is 4. The maximum absolute atomic E-state index is 12.5. The van der Waals surface area contributed by atoms with Crippen molar-refractivity contribution in [3.8, 4) is 0 Å². The highest BCUT2D eigenvalue weighted by molar-refractivity contribution is 9.09. The molecule has 0 spiro atoms. The van der Waals surface area contributed by atoms with Gasteiger partial charge in [-0.25, -0.2) is 0 Å². The number of hydrogen-bond acceptors (Lipinski definition) is 8. The highest BCUT2D eigenvalue weighted by Gasteiger charge is 2.61. The lowest BCUT2D eigenvalue weighted by Crippen LogP contribution is -2.51. The Morgan fingerprint density at radius 2 is 1.03 bits per heavy atom. The monoisotopic (exact) mass is 1170 g/mol. The quantitative estimate of drug-likeness (QED) is 0.0477. The fourth-order valence-corrected chi connectivity index (χ4v) is 19.6. The van der Waals surface area contributed by atoms with Crippen LogP contribution in [0.1, 0.15) is 224 Å². The third-order valence-corrected chi connectivity index (χ3v) is 25.2. The number of thiol groups is 1. The number of alkyl halides is 1. The molecule has 4 N–H and O–H groups in total. The summed E-state index contributed by atoms with van der Waals surface area (Å²) in [6.45, 7) is 28.6. The number of ether oxygens (including phenoxy) is 2. The largest absolute Gasteiger partial charge is 0.461 e. The Kier molecular flexibility index (Phi) is 23.7. The zero-order valence-corrected chi connectivity index (χ0v) is 53.9. The SMILES string of the molecule is CC(C)CCC[C@H](C)[C@H]1CC[C@H]2[C@@H]3CC=C4C[C@@H](OC(=O)CBr)CC[C@]4(C)[C@H]3CC[C@]12C.CC(C)CCC[C@H](C)[C@H]1CC[C@H]2[C@@H]3CC=C4C[C@@H](OC(=O)CSCC(C)C(N)=O)CC[C@]4(C)[C@H]3CC[C@]12C.CC(CS)C(N)=O. The van der Waals surface area contributed by atoms with Gasteiger partial charge in [-0.2, -0.15) is 12.6 Å². The van der Waals surface area contributed by atoms with Crippen molar-refractivity contribution in [3.05, 3.63) is 23.3 Å². The number of rotatable bonds is 20. The van der Waals surface area contributed by atoms with Crippen LogP contribution >= 0.6 is 40.3 Å². The Balaban J connectivity index is 0.000000224. The normalized spacial score (nSPS) is 37.4. The second kappa shape index (κ2) is 28.2. The number of carbonyl (C=O) groups is 4. The van der Waals surface area contributed by atoms with Crippen LogP contribution in [0.3, 0.4) is 0 Å². The molecule has 0 aromatic rings. The first kappa shape index (κ1) is 64.7. The zero-order chi connectivity index (χ0) is 56.6. The Morgan fingerprint density at radius 1 is 0.597 bits per heavy atom. The minimum absolute atomic E-state index is 0.00365. The van der Waals surface area contributed by atoms with E-state index < -0.39 is 0 Å². The number of thioether (sulfide) groups is 1. The summed E-state index contributed by atoms with van der Waals surface area (Å²) < 4.78 is 11.6. The average molecular weight is 1170 g/mol. The van der Waals surface area contributed by atoms with E-state index in [1.165, 1.54) is 121 Å². The smallest absolute Gasteiger partial charge is 0.316 e. The summed E-state index contributed by atoms with van der Waals surface area (Å²) in [5.74, 6) is 10.6. The minimum atomic E-state index is -0.313. The first-order valence-electron chi connectivity index (χ1n) is 31.4. The molecule has 77 heavy (non-hydrogen) atoms. The Hall–Kier alpha value is -1.46. The van der Waals surface area contributed by atoms with Gasteiger partial charge in [0.25, 0.3) is 0 Å². The number of hydrogen-bond donors (Lipinski definition) is 3. The van der Waals surface area contributed by atoms with Gasteiger partial charge in [-0.3, -0.25) is 19.2 Å². The van der Waals surface area contributed by atoms with Crippen molar-refractivity contribution in [2.24, 2.45) is 116 Å². The van der Waals surface area contributed by atoms with Crippen LogP contribution in [0.25, 0.3) is 0 Å². The highest BCUT2D eigenvalue weighted by Crippen LogP contribution is 2.69. The van der Waals surface area contributed by atoms with Crippen molar-refractivity contribution < 1.29 is 28.7 Å². The summed E-state index contributed by atoms with van der Waals surface area (Å²) in [5.41, 5.74) is 15.1. The summed E-state index contributed by atoms with van der Waals surface area (Å²) in [5, 5.41) is 0.307. The predicted molar refractivity (Wildman–Crippen MR) is 328 cm³/mol. The standard InChI is InChI=1S/C33H55NO3S.C29H47BrO2.C4H9NOS/c1-21(2)8-7-9-22(3)27-12-13-28-26-11-10-24-18-25(37-30(35)20-38-19-23(4)31(34)36)14-16-32(24,5)29(26)15-17-33(27,28)6;1-19(2)7-6-8-20(3)24-11-12-25-23-10-9-21-17-22(32-27(31)18-30)13-15-28(21,4)26(23)14-16-29(24,25)5;1-3(2-7)4(5)6/h10,21-23,25-29H,7-9,11-20H2,1-6H3,(H2,34,36);9,19-20,22-26H,6-8,10-18H2,1-5H3;3,7H,2H2,1H3,(H2,5,6)/t22-,23?,25-,26-,27+,28-,29-,32-,33+;20-,22-,23-,24+,25-,26-,28-,29+;/m00./s1. The van der Waals surface area contributed by atoms with Gasteiger partial charge < -0.3 is 20.9 Å². The lowest BCUT2D eigenvalue weighted by molar-refractivity contribution is -0.149. The molecule has 0 aliphatic heterocycles. The Labute approximate surface area is 488 Å². The number of primary amides is 2. The summed E-state index contributed by atoms with van der Waals surface area (Å²) in [4.78, 5) is 45.6. The molecule has 8 rings (SSSR count). The number of nitrogens with two attached hydrogens (primary N) is 2. The molecule has 8 aliphatic carbocycles. The summed E-state index contributed by atoms with van der Waals surface area (Å²) in [6, 6.07) is 0. The molecular formula is C66H111BrN2O6S2. The van der Waals surface area contributed by atoms with Crippen molar-refractivity contribution in [1.29, 1.82) is 0 Å². The van der Waals surface area contributed by atoms with Crippen LogP contribution in [0.2, 0.25) is 0 Å². The van der Waals surface area contributed by atoms with Gasteiger partial charge in [0.05, 0.1) is 5.75 Å². The molecule has 440 valence electrons. The van der Waals surface area contributed by atoms with Gasteiger partial charge in [0.15, 0.2) is 0 Å². The summed E-state index contributed by atoms with van der Waals surface area (Å²) in [6.07, 6.45) is 33.8. The van der Waals surface area contributed by atoms with E-state index in [0.29, 0.717) is 38.8 Å². The highest BCUT2D eigenvalue weighted by atomic mass is 79.9. The van der Waals surface area contributed by atoms with Crippen LogP contribution in [0.4, 0.5) is 0 Å². The fourth-order valence-electron chi connectivity index (χ4n) is 18.4. The number of amides is 2. The van der Waals surface area contributed by atoms with Gasteiger partial charge in [0, 0.05) is 36.2 Å². The minimum Gasteiger partial charge on any atom is -0.461 e. The van der Waals surface area contributed by atoms with Crippen molar-refractivity contribution >= 4 is 64.1 Å². The van der Waals surface area contributed by atoms with Crippen LogP contribution < -0.4 is 11.5 Å². The van der Waals surface area contributed by atoms with Crippen molar-refractivity contribution in [3.63, 3.8) is 0 Å². The van der Waals surface area contributed by atoms with Gasteiger partial charge in [-0.15, -0.1) is 11.8 Å². The molecule has 11 heteroatoms. The molecule has 0 bridgehead atoms. The van der Waals surface area contributed by atoms with Crippen LogP contribution in [-0.4, -0.2) is 58.5 Å². The number of esters is 2. The molecule has 0 saturated heterocycles. The van der Waals surface area contributed by atoms with E-state index in [1.54, 1.807) is 25.0 Å². The molecular weight excluding hydrogens is 1060 g/mol. The van der Waals surface area contributed by atoms with E-state index >= 15 is 0 Å². The summed E-state index contributed by atoms with van der Waals surface area (Å²) in [7, 11) is 0. The molecule has 0 aromatic heterocycles. The van der Waals surface area contributed by atoms with E-state index in [-0.39, 0.29) is 53.2 Å². The molecule has 2 amide bonds. The van der Waals surface area contributed by atoms with Gasteiger partial charge in [-0.05, 0) is 183 Å². The van der Waals surface area contributed by atoms with Crippen LogP contribution in [0.5, 0.6) is 0 Å². The van der Waals surface area contributed by atoms with E-state index in [1.807, 2.05) is 0 Å². The van der Waals surface area contributed by atoms with Crippen LogP contribution in [-0.2, 0) is 28.7 Å². The molecule has 0 aromatic carbocycles. The third-order valence-electron chi connectivity index (χ3n) is 23.1. The molecule has 8 aliphatic rings. The molecule has 8 nitrogen and oxygen atoms in total. The zero-order valence-electron chi connectivity index (χ0n) is 50.6. The van der Waals surface area contributed by atoms with E-state index in [0.717, 1.165) is 103 Å². The number of halogens is 1. The van der Waals surface area contributed by atoms with Crippen molar-refractivity contribution in [2.75, 3.05) is 22.6 Å². The van der Waals surface area contributed by atoms with E-state index in [2.05, 4.69) is 110 Å². The second-order valence-electron chi connectivity index (χ2n) is 28.7. The van der Waals surface area contributed by atoms with Gasteiger partial charge in [-0.1, -0.05) is 161 Å². The molecule has 2 unspecified atom stereocenters. The molecule has 0 heterocycles. The van der Waals surface area contributed by atoms with Gasteiger partial charge >= 0.3 is 11.9 Å². The number of allylic oxidation sites excluding steroid dienone is 2. The van der Waals surface area contributed by atoms with Crippen LogP contribution in [0.15, 0.2) is 23.3 Å². The summed E-state index contributed by atoms with van der Waals surface area (Å²) >= 11 is 8.55. The van der Waals surface area contributed by atoms with E-state index in [4.69, 9.17) is 20.9 Å². The molecule has 18 atom stereocenters. The maximum Gasteiger partial charge on any atom is 0.316 e. The number of fused-ring (bicyclic) bond motifs is 10. The lowest BCUT2D eigenvalue weighted by atomic mass is 9.47. The maximum atomic E-state index is 12.5. The van der Waals surface area contributed by atoms with E-state index in [9.17, 15) is 19.2 Å². The fraction of sp³-hybridized carbons (Fsp3) is 0.879. The second-order valence-corrected chi connectivity index (χ2v) is 30.7.